The lowest BCUT2D eigenvalue weighted by Crippen LogP contribution is -2.66. The molecule has 0 bridgehead atoms. The Labute approximate surface area is 153 Å². The van der Waals surface area contributed by atoms with Crippen LogP contribution >= 0.6 is 22.6 Å². The second-order valence-electron chi connectivity index (χ2n) is 5.11. The highest BCUT2D eigenvalue weighted by Gasteiger charge is 2.85. The van der Waals surface area contributed by atoms with E-state index in [0.29, 0.717) is 0 Å². The Kier molecular flexibility index (Phi) is 6.31. The van der Waals surface area contributed by atoms with Crippen LogP contribution in [-0.2, 0) is 6.42 Å². The normalized spacial score (nSPS) is 17.2. The van der Waals surface area contributed by atoms with Crippen LogP contribution in [0.1, 0.15) is 5.56 Å². The topological polar surface area (TPSA) is 0 Å². The highest BCUT2D eigenvalue weighted by molar-refractivity contribution is 14.1. The number of allylic oxidation sites excluding steroid dienone is 2. The van der Waals surface area contributed by atoms with Crippen molar-refractivity contribution in [2.24, 2.45) is 0 Å². The zero-order chi connectivity index (χ0) is 20.6. The van der Waals surface area contributed by atoms with Crippen molar-refractivity contribution < 1.29 is 48.3 Å². The average Bonchev–Trinajstić information content (AvgIpc) is 2.45. The van der Waals surface area contributed by atoms with E-state index in [2.05, 4.69) is 0 Å². The fourth-order valence-corrected chi connectivity index (χ4v) is 2.68. The molecular formula is C14H8F11I. The first-order valence-electron chi connectivity index (χ1n) is 6.46. The van der Waals surface area contributed by atoms with Crippen molar-refractivity contribution in [1.29, 1.82) is 0 Å². The Hall–Kier alpha value is -1.08. The monoisotopic (exact) mass is 512 g/mol. The van der Waals surface area contributed by atoms with Gasteiger partial charge >= 0.3 is 24.2 Å². The van der Waals surface area contributed by atoms with E-state index in [1.165, 1.54) is 30.3 Å². The molecule has 1 rings (SSSR count). The van der Waals surface area contributed by atoms with E-state index in [9.17, 15) is 48.3 Å². The third kappa shape index (κ3) is 4.09. The van der Waals surface area contributed by atoms with Gasteiger partial charge in [0.15, 0.2) is 0 Å². The minimum Gasteiger partial charge on any atom is -0.222 e. The first kappa shape index (κ1) is 23.0. The molecule has 1 aromatic carbocycles. The molecule has 0 aromatic heterocycles. The van der Waals surface area contributed by atoms with Gasteiger partial charge in [-0.05, 0) is 37.8 Å². The maximum Gasteiger partial charge on any atom is 0.460 e. The van der Waals surface area contributed by atoms with Crippen LogP contribution in [0.15, 0.2) is 40.0 Å². The Bertz CT molecular complexity index is 645. The van der Waals surface area contributed by atoms with Crippen LogP contribution in [0, 0.1) is 0 Å². The third-order valence-corrected chi connectivity index (χ3v) is 3.88. The fourth-order valence-electron chi connectivity index (χ4n) is 1.81. The number of benzene rings is 1. The van der Waals surface area contributed by atoms with E-state index in [4.69, 9.17) is 0 Å². The predicted molar refractivity (Wildman–Crippen MR) is 78.1 cm³/mol. The minimum absolute atomic E-state index is 0.198. The zero-order valence-corrected chi connectivity index (χ0v) is 14.4. The predicted octanol–water partition coefficient (Wildman–Crippen LogP) is 6.65. The summed E-state index contributed by atoms with van der Waals surface area (Å²) in [6, 6.07) is 6.91. The molecule has 0 saturated heterocycles. The zero-order valence-electron chi connectivity index (χ0n) is 12.2. The summed E-state index contributed by atoms with van der Waals surface area (Å²) >= 11 is 0.961. The molecule has 12 heteroatoms. The smallest absolute Gasteiger partial charge is 0.222 e. The molecule has 0 N–H and O–H groups in total. The van der Waals surface area contributed by atoms with E-state index in [0.717, 1.165) is 22.6 Å². The number of alkyl halides is 11. The molecule has 0 fully saturated rings. The molecular weight excluding hydrogens is 504 g/mol. The van der Waals surface area contributed by atoms with Gasteiger partial charge in [0, 0.05) is 6.42 Å². The Morgan fingerprint density at radius 2 is 1.19 bits per heavy atom. The molecule has 26 heavy (non-hydrogen) atoms. The van der Waals surface area contributed by atoms with Crippen molar-refractivity contribution >= 4 is 22.6 Å². The Balaban J connectivity index is 3.46. The summed E-state index contributed by atoms with van der Waals surface area (Å²) in [4.78, 5) is 0. The highest BCUT2D eigenvalue weighted by Crippen LogP contribution is 2.58. The molecule has 0 amide bonds. The first-order chi connectivity index (χ1) is 11.5. The fraction of sp³-hybridized carbons (Fsp3) is 0.429. The van der Waals surface area contributed by atoms with Crippen molar-refractivity contribution in [3.8, 4) is 0 Å². The van der Waals surface area contributed by atoms with Gasteiger partial charge in [-0.3, -0.25) is 0 Å². The van der Waals surface area contributed by atoms with Crippen LogP contribution in [0.25, 0.3) is 0 Å². The van der Waals surface area contributed by atoms with Crippen LogP contribution in [-0.4, -0.2) is 29.9 Å². The first-order valence-corrected chi connectivity index (χ1v) is 7.54. The van der Waals surface area contributed by atoms with Gasteiger partial charge in [0.1, 0.15) is 0 Å². The van der Waals surface area contributed by atoms with Gasteiger partial charge in [0.25, 0.3) is 5.67 Å². The van der Waals surface area contributed by atoms with Crippen LogP contribution in [0.2, 0.25) is 0 Å². The summed E-state index contributed by atoms with van der Waals surface area (Å²) in [5, 5.41) is 0. The van der Waals surface area contributed by atoms with Crippen molar-refractivity contribution in [3.63, 3.8) is 0 Å². The number of halogens is 12. The summed E-state index contributed by atoms with van der Waals surface area (Å²) in [5.74, 6) is -14.4. The maximum absolute atomic E-state index is 14.1. The van der Waals surface area contributed by atoms with Crippen molar-refractivity contribution in [2.45, 2.75) is 36.3 Å². The maximum atomic E-state index is 14.1. The highest BCUT2D eigenvalue weighted by atomic mass is 127. The van der Waals surface area contributed by atoms with Gasteiger partial charge < -0.3 is 0 Å². The molecule has 0 spiro atoms. The molecule has 0 radical (unpaired) electrons. The standard InChI is InChI=1S/C14H8F11I/c15-10(13(20,21)22,11(16,17)12(18,19)14(23,24)25)7-9(26)6-8-4-2-1-3-5-8/h1-5,7H,6H2. The van der Waals surface area contributed by atoms with E-state index in [1.807, 2.05) is 0 Å². The van der Waals surface area contributed by atoms with Crippen LogP contribution < -0.4 is 0 Å². The SMILES string of the molecule is FC(F)(F)C(F)(F)C(F)(F)C(F)(C=C(I)Cc1ccccc1)C(F)(F)F. The molecule has 0 heterocycles. The largest absolute Gasteiger partial charge is 0.460 e. The summed E-state index contributed by atoms with van der Waals surface area (Å²) in [7, 11) is 0. The van der Waals surface area contributed by atoms with Crippen LogP contribution in [0.4, 0.5) is 48.3 Å². The van der Waals surface area contributed by atoms with Crippen LogP contribution in [0.5, 0.6) is 0 Å². The Morgan fingerprint density at radius 3 is 1.58 bits per heavy atom. The lowest BCUT2D eigenvalue weighted by molar-refractivity contribution is -0.402. The van der Waals surface area contributed by atoms with Gasteiger partial charge in [0.2, 0.25) is 0 Å². The van der Waals surface area contributed by atoms with Crippen molar-refractivity contribution in [2.75, 3.05) is 0 Å². The van der Waals surface area contributed by atoms with Crippen LogP contribution in [0.3, 0.4) is 0 Å². The van der Waals surface area contributed by atoms with Gasteiger partial charge in [0.05, 0.1) is 0 Å². The molecule has 0 nitrogen and oxygen atoms in total. The average molecular weight is 512 g/mol. The third-order valence-electron chi connectivity index (χ3n) is 3.19. The molecule has 1 unspecified atom stereocenters. The minimum atomic E-state index is -7.26. The number of rotatable bonds is 5. The van der Waals surface area contributed by atoms with Gasteiger partial charge in [-0.2, -0.15) is 43.9 Å². The van der Waals surface area contributed by atoms with Crippen molar-refractivity contribution in [1.82, 2.24) is 0 Å². The summed E-state index contributed by atoms with van der Waals surface area (Å²) < 4.78 is 141. The second kappa shape index (κ2) is 7.15. The molecule has 1 aromatic rings. The molecule has 0 saturated carbocycles. The lowest BCUT2D eigenvalue weighted by Gasteiger charge is -2.37. The van der Waals surface area contributed by atoms with E-state index in [1.54, 1.807) is 0 Å². The molecule has 1 atom stereocenters. The summed E-state index contributed by atoms with van der Waals surface area (Å²) in [6.45, 7) is 0. The summed E-state index contributed by atoms with van der Waals surface area (Å²) in [6.07, 6.45) is -15.4. The van der Waals surface area contributed by atoms with E-state index < -0.39 is 45.9 Å². The van der Waals surface area contributed by atoms with E-state index >= 15 is 0 Å². The molecule has 0 aliphatic rings. The lowest BCUT2D eigenvalue weighted by atomic mass is 9.90. The second-order valence-corrected chi connectivity index (χ2v) is 6.50. The van der Waals surface area contributed by atoms with E-state index in [-0.39, 0.29) is 5.56 Å². The van der Waals surface area contributed by atoms with Gasteiger partial charge in [-0.25, -0.2) is 4.39 Å². The van der Waals surface area contributed by atoms with Crippen molar-refractivity contribution in [3.05, 3.63) is 45.6 Å². The summed E-state index contributed by atoms with van der Waals surface area (Å²) in [5.41, 5.74) is -6.05. The number of hydrogen-bond donors (Lipinski definition) is 0. The Morgan fingerprint density at radius 1 is 0.731 bits per heavy atom. The molecule has 148 valence electrons. The van der Waals surface area contributed by atoms with Gasteiger partial charge in [-0.1, -0.05) is 30.3 Å². The molecule has 0 aliphatic carbocycles. The van der Waals surface area contributed by atoms with Gasteiger partial charge in [-0.15, -0.1) is 0 Å². The number of hydrogen-bond acceptors (Lipinski definition) is 0. The quantitative estimate of drug-likeness (QED) is 0.306. The molecule has 0 aliphatic heterocycles.